The van der Waals surface area contributed by atoms with Gasteiger partial charge in [0.25, 0.3) is 0 Å². The number of hydrogen-bond donors (Lipinski definition) is 1. The maximum absolute atomic E-state index is 12.4. The van der Waals surface area contributed by atoms with Crippen LogP contribution in [0, 0.1) is 0 Å². The normalized spacial score (nSPS) is 13.3. The minimum atomic E-state index is -0.000326. The second kappa shape index (κ2) is 22.7. The van der Waals surface area contributed by atoms with Crippen molar-refractivity contribution in [2.45, 2.75) is 183 Å². The molecule has 0 unspecified atom stereocenters. The van der Waals surface area contributed by atoms with Crippen LogP contribution in [0.15, 0.2) is 78.9 Å². The van der Waals surface area contributed by atoms with Crippen molar-refractivity contribution in [3.8, 4) is 44.9 Å². The van der Waals surface area contributed by atoms with Gasteiger partial charge in [0.1, 0.15) is 11.5 Å². The molecule has 2 aliphatic rings. The summed E-state index contributed by atoms with van der Waals surface area (Å²) in [5.74, 6) is 2.03. The highest BCUT2D eigenvalue weighted by molar-refractivity contribution is 6.06. The molecule has 2 aliphatic carbocycles. The zero-order chi connectivity index (χ0) is 44.1. The van der Waals surface area contributed by atoms with Gasteiger partial charge in [-0.1, -0.05) is 201 Å². The lowest BCUT2D eigenvalue weighted by atomic mass is 9.69. The van der Waals surface area contributed by atoms with Crippen molar-refractivity contribution >= 4 is 16.8 Å². The van der Waals surface area contributed by atoms with Crippen LogP contribution in [0.1, 0.15) is 205 Å². The van der Waals surface area contributed by atoms with Gasteiger partial charge >= 0.3 is 0 Å². The van der Waals surface area contributed by atoms with E-state index in [0.717, 1.165) is 59.1 Å². The number of ether oxygens (including phenoxy) is 1. The Kier molecular flexibility index (Phi) is 17.8. The summed E-state index contributed by atoms with van der Waals surface area (Å²) in [6.07, 6.45) is 21.0. The number of fused-ring (bicyclic) bond motifs is 5. The first-order valence-electron chi connectivity index (χ1n) is 24.7. The molecule has 0 aliphatic heterocycles. The van der Waals surface area contributed by atoms with Crippen LogP contribution in [0.2, 0.25) is 0 Å². The van der Waals surface area contributed by atoms with Crippen LogP contribution in [-0.4, -0.2) is 11.7 Å². The Balaban J connectivity index is 0.00000111. The molecule has 1 N–H and O–H groups in total. The average Bonchev–Trinajstić information content (AvgIpc) is 3.55. The second-order valence-electron chi connectivity index (χ2n) is 18.1. The molecule has 0 radical (unpaired) electrons. The van der Waals surface area contributed by atoms with Crippen molar-refractivity contribution in [1.82, 2.24) is 0 Å². The van der Waals surface area contributed by atoms with Gasteiger partial charge in [0, 0.05) is 16.5 Å². The fraction of sp³-hybridized carbons (Fsp3) is 0.492. The van der Waals surface area contributed by atoms with Gasteiger partial charge in [-0.3, -0.25) is 0 Å². The van der Waals surface area contributed by atoms with Crippen LogP contribution in [0.4, 0.5) is 0 Å². The minimum Gasteiger partial charge on any atom is -0.507 e. The van der Waals surface area contributed by atoms with Crippen molar-refractivity contribution in [3.63, 3.8) is 0 Å². The van der Waals surface area contributed by atoms with Crippen molar-refractivity contribution in [1.29, 1.82) is 0 Å². The predicted molar refractivity (Wildman–Crippen MR) is 269 cm³/mol. The summed E-state index contributed by atoms with van der Waals surface area (Å²) in [5, 5.41) is 14.8. The summed E-state index contributed by atoms with van der Waals surface area (Å²) in [6.45, 7) is 25.0. The fourth-order valence-electron chi connectivity index (χ4n) is 9.74. The number of hydrogen-bond acceptors (Lipinski definition) is 2. The van der Waals surface area contributed by atoms with E-state index in [4.69, 9.17) is 4.74 Å². The summed E-state index contributed by atoms with van der Waals surface area (Å²) in [7, 11) is 0. The standard InChI is InChI=1S/C53H64O2.C4H10.C2H6/c1-8-11-18-28-53(29-19-12-9-2)47-31-37(35(4)5)24-26-41(47)42-27-25-38(32-48(42)53)46-33-49(54)51(43-22-16-15-21-40(43)46)52-44-23-17-14-20-39(44)45(36(6)7)34-50(52)55-30-13-10-3;1-3-4-2;1-2/h14,16-17,20,22-27,31-36,54H,8-13,15,18-19,21,28-30H2,1-7H3;3-4H2,1-2H3;1-2H3. The lowest BCUT2D eigenvalue weighted by Crippen LogP contribution is -2.26. The van der Waals surface area contributed by atoms with Gasteiger partial charge in [-0.15, -0.1) is 0 Å². The Bertz CT molecular complexity index is 2200. The molecule has 61 heavy (non-hydrogen) atoms. The highest BCUT2D eigenvalue weighted by atomic mass is 16.5. The highest BCUT2D eigenvalue weighted by Crippen LogP contribution is 2.56. The maximum Gasteiger partial charge on any atom is 0.128 e. The van der Waals surface area contributed by atoms with Gasteiger partial charge in [0.05, 0.1) is 6.61 Å². The van der Waals surface area contributed by atoms with E-state index in [-0.39, 0.29) is 5.41 Å². The summed E-state index contributed by atoms with van der Waals surface area (Å²) < 4.78 is 6.66. The summed E-state index contributed by atoms with van der Waals surface area (Å²) in [4.78, 5) is 0. The van der Waals surface area contributed by atoms with E-state index in [2.05, 4.69) is 147 Å². The smallest absolute Gasteiger partial charge is 0.128 e. The first kappa shape index (κ1) is 47.7. The molecule has 0 aromatic heterocycles. The van der Waals surface area contributed by atoms with Crippen LogP contribution in [0.5, 0.6) is 11.5 Å². The molecule has 5 aromatic carbocycles. The minimum absolute atomic E-state index is 0.000326. The SMILES string of the molecule is CC.CCCC.CCCCCC1(CCCCC)c2cc(-c3cc(O)c(-c4c(OCCCC)cc(C(C)C)c5ccccc45)c4c3CCC=C4)ccc2-c2ccc(C(C)C)cc21. The number of allylic oxidation sites excluding steroid dienone is 1. The molecule has 0 atom stereocenters. The van der Waals surface area contributed by atoms with Crippen LogP contribution in [-0.2, 0) is 11.8 Å². The number of phenols is 1. The van der Waals surface area contributed by atoms with E-state index in [1.54, 1.807) is 5.56 Å². The Hall–Kier alpha value is -4.30. The summed E-state index contributed by atoms with van der Waals surface area (Å²) in [5.41, 5.74) is 15.4. The van der Waals surface area contributed by atoms with E-state index in [1.807, 2.05) is 13.8 Å². The van der Waals surface area contributed by atoms with Gasteiger partial charge in [0.2, 0.25) is 0 Å². The molecule has 328 valence electrons. The van der Waals surface area contributed by atoms with E-state index in [9.17, 15) is 5.11 Å². The van der Waals surface area contributed by atoms with Crippen molar-refractivity contribution < 1.29 is 9.84 Å². The van der Waals surface area contributed by atoms with Gasteiger partial charge in [-0.05, 0) is 129 Å². The molecule has 0 spiro atoms. The van der Waals surface area contributed by atoms with E-state index in [0.29, 0.717) is 24.2 Å². The lowest BCUT2D eigenvalue weighted by molar-refractivity contribution is 0.310. The van der Waals surface area contributed by atoms with Gasteiger partial charge in [-0.25, -0.2) is 0 Å². The molecule has 2 nitrogen and oxygen atoms in total. The van der Waals surface area contributed by atoms with E-state index in [1.165, 1.54) is 109 Å². The van der Waals surface area contributed by atoms with Crippen molar-refractivity contribution in [2.75, 3.05) is 6.61 Å². The van der Waals surface area contributed by atoms with E-state index >= 15 is 0 Å². The number of aromatic hydroxyl groups is 1. The Labute approximate surface area is 372 Å². The van der Waals surface area contributed by atoms with Crippen LogP contribution in [0.3, 0.4) is 0 Å². The Morgan fingerprint density at radius 1 is 0.623 bits per heavy atom. The highest BCUT2D eigenvalue weighted by Gasteiger charge is 2.43. The maximum atomic E-state index is 12.4. The zero-order valence-corrected chi connectivity index (χ0v) is 40.2. The van der Waals surface area contributed by atoms with E-state index < -0.39 is 0 Å². The van der Waals surface area contributed by atoms with Gasteiger partial charge < -0.3 is 9.84 Å². The summed E-state index contributed by atoms with van der Waals surface area (Å²) >= 11 is 0. The summed E-state index contributed by atoms with van der Waals surface area (Å²) in [6, 6.07) is 27.7. The third-order valence-electron chi connectivity index (χ3n) is 13.2. The van der Waals surface area contributed by atoms with Crippen LogP contribution >= 0.6 is 0 Å². The van der Waals surface area contributed by atoms with Crippen molar-refractivity contribution in [2.24, 2.45) is 0 Å². The molecule has 0 fully saturated rings. The predicted octanol–water partition coefficient (Wildman–Crippen LogP) is 18.5. The fourth-order valence-corrected chi connectivity index (χ4v) is 9.74. The van der Waals surface area contributed by atoms with Crippen LogP contribution < -0.4 is 4.74 Å². The molecule has 0 amide bonds. The number of benzene rings is 5. The van der Waals surface area contributed by atoms with Crippen molar-refractivity contribution in [3.05, 3.63) is 112 Å². The number of rotatable bonds is 17. The first-order valence-corrected chi connectivity index (χ1v) is 24.7. The first-order chi connectivity index (χ1) is 29.6. The Morgan fingerprint density at radius 2 is 1.25 bits per heavy atom. The molecule has 5 aromatic rings. The molecule has 0 saturated heterocycles. The lowest BCUT2D eigenvalue weighted by Gasteiger charge is -2.34. The topological polar surface area (TPSA) is 29.5 Å². The quantitative estimate of drug-likeness (QED) is 0.0947. The third-order valence-corrected chi connectivity index (χ3v) is 13.2. The van der Waals surface area contributed by atoms with Gasteiger partial charge in [0.15, 0.2) is 0 Å². The molecule has 0 heterocycles. The van der Waals surface area contributed by atoms with Gasteiger partial charge in [-0.2, -0.15) is 0 Å². The molecule has 7 rings (SSSR count). The largest absolute Gasteiger partial charge is 0.507 e. The number of phenolic OH excluding ortho intramolecular Hbond substituents is 1. The molecule has 2 heteroatoms. The monoisotopic (exact) mass is 821 g/mol. The van der Waals surface area contributed by atoms with Crippen LogP contribution in [0.25, 0.3) is 50.2 Å². The second-order valence-corrected chi connectivity index (χ2v) is 18.1. The molecular weight excluding hydrogens is 741 g/mol. The Morgan fingerprint density at radius 3 is 1.85 bits per heavy atom. The number of unbranched alkanes of at least 4 members (excludes halogenated alkanes) is 6. The molecular formula is C59H80O2. The molecule has 0 bridgehead atoms. The third kappa shape index (κ3) is 10.2. The zero-order valence-electron chi connectivity index (χ0n) is 40.2. The molecule has 0 saturated carbocycles. The average molecular weight is 821 g/mol.